The van der Waals surface area contributed by atoms with Crippen LogP contribution in [0.15, 0.2) is 84.9 Å². The van der Waals surface area contributed by atoms with Gasteiger partial charge >= 0.3 is 10.4 Å². The summed E-state index contributed by atoms with van der Waals surface area (Å²) in [4.78, 5) is 3.44. The largest absolute Gasteiger partial charge is 0.456 e. The molecule has 156 valence electrons. The fraction of sp³-hybridized carbons (Fsp3) is 0.0909. The maximum atomic E-state index is 9.70. The molecule has 0 aromatic heterocycles. The summed E-state index contributed by atoms with van der Waals surface area (Å²) in [6, 6.07) is 28.9. The molecule has 0 aliphatic carbocycles. The molecule has 0 heterocycles. The van der Waals surface area contributed by atoms with Crippen LogP contribution in [-0.4, -0.2) is 31.4 Å². The summed E-state index contributed by atoms with van der Waals surface area (Å²) in [6.45, 7) is -0.713. The second-order valence-electron chi connectivity index (χ2n) is 6.14. The summed E-state index contributed by atoms with van der Waals surface area (Å²) in [5.74, 6) is 1.79. The van der Waals surface area contributed by atoms with Crippen LogP contribution in [0.2, 0.25) is 0 Å². The zero-order valence-electron chi connectivity index (χ0n) is 15.8. The van der Waals surface area contributed by atoms with Gasteiger partial charge in [0.2, 0.25) is 0 Å². The van der Waals surface area contributed by atoms with Crippen molar-refractivity contribution in [3.05, 3.63) is 84.9 Å². The van der Waals surface area contributed by atoms with Crippen molar-refractivity contribution in [2.45, 2.75) is 0 Å². The molecule has 0 saturated carbocycles. The van der Waals surface area contributed by atoms with Crippen molar-refractivity contribution in [3.8, 4) is 11.5 Å². The third-order valence-electron chi connectivity index (χ3n) is 4.13. The van der Waals surface area contributed by atoms with E-state index in [1.54, 1.807) is 0 Å². The number of rotatable bonds is 6. The predicted molar refractivity (Wildman–Crippen MR) is 114 cm³/mol. The van der Waals surface area contributed by atoms with Crippen LogP contribution in [0, 0.1) is 0 Å². The number of hydrogen-bond acceptors (Lipinski definition) is 6. The van der Waals surface area contributed by atoms with Crippen molar-refractivity contribution in [3.63, 3.8) is 0 Å². The highest BCUT2D eigenvalue weighted by Crippen LogP contribution is 2.33. The fourth-order valence-electron chi connectivity index (χ4n) is 2.86. The van der Waals surface area contributed by atoms with Crippen molar-refractivity contribution < 1.29 is 32.0 Å². The van der Waals surface area contributed by atoms with Crippen molar-refractivity contribution in [2.75, 3.05) is 13.2 Å². The number of fused-ring (bicyclic) bond motifs is 2. The molecule has 0 radical (unpaired) electrons. The van der Waals surface area contributed by atoms with Gasteiger partial charge in [-0.05, 0) is 22.9 Å². The lowest BCUT2D eigenvalue weighted by atomic mass is 10.1. The minimum Gasteiger partial charge on any atom is -0.456 e. The number of ether oxygens (including phenoxy) is 1. The Morgan fingerprint density at radius 1 is 0.667 bits per heavy atom. The molecule has 0 saturated heterocycles. The highest BCUT2D eigenvalue weighted by Gasteiger charge is 2.06. The van der Waals surface area contributed by atoms with Crippen LogP contribution in [0.25, 0.3) is 21.5 Å². The standard InChI is InChI=1S/C20H14O.C2H6O6S/c1-3-11-17-15(7-1)9-5-13-19(17)21-20-14-6-10-16-8-2-4-12-18(16)20;3-7-1-2-8-9(4,5)6/h1-14H;3H,1-2H2,(H,4,5,6). The second kappa shape index (κ2) is 10.1. The van der Waals surface area contributed by atoms with E-state index in [-0.39, 0.29) is 6.61 Å². The highest BCUT2D eigenvalue weighted by atomic mass is 32.3. The van der Waals surface area contributed by atoms with Gasteiger partial charge in [0.1, 0.15) is 18.1 Å². The lowest BCUT2D eigenvalue weighted by Gasteiger charge is -2.11. The van der Waals surface area contributed by atoms with E-state index in [0.717, 1.165) is 22.3 Å². The molecular weight excluding hydrogens is 408 g/mol. The summed E-state index contributed by atoms with van der Waals surface area (Å²) in [6.07, 6.45) is 0. The minimum absolute atomic E-state index is 0.306. The van der Waals surface area contributed by atoms with Crippen LogP contribution in [0.4, 0.5) is 0 Å². The molecule has 0 unspecified atom stereocenters. The lowest BCUT2D eigenvalue weighted by Crippen LogP contribution is -2.08. The minimum atomic E-state index is -4.39. The Kier molecular flexibility index (Phi) is 7.34. The van der Waals surface area contributed by atoms with Crippen molar-refractivity contribution >= 4 is 31.9 Å². The van der Waals surface area contributed by atoms with Crippen LogP contribution >= 0.6 is 0 Å². The van der Waals surface area contributed by atoms with Gasteiger partial charge in [-0.2, -0.15) is 8.42 Å². The van der Waals surface area contributed by atoms with E-state index < -0.39 is 17.0 Å². The van der Waals surface area contributed by atoms with E-state index in [1.807, 2.05) is 48.5 Å². The molecule has 0 aliphatic rings. The summed E-state index contributed by atoms with van der Waals surface area (Å²) in [5.41, 5.74) is 0. The summed E-state index contributed by atoms with van der Waals surface area (Å²) in [7, 11) is -4.39. The molecule has 0 amide bonds. The first kappa shape index (κ1) is 21.7. The van der Waals surface area contributed by atoms with Gasteiger partial charge in [-0.15, -0.1) is 0 Å². The van der Waals surface area contributed by atoms with Gasteiger partial charge in [0.05, 0.1) is 6.61 Å². The Bertz CT molecular complexity index is 1130. The maximum Gasteiger partial charge on any atom is 0.397 e. The summed E-state index contributed by atoms with van der Waals surface area (Å²) >= 11 is 0. The third-order valence-corrected chi connectivity index (χ3v) is 4.59. The molecule has 4 aromatic rings. The number of hydrogen-bond donors (Lipinski definition) is 2. The molecular formula is C22H20O7S. The Hall–Kier alpha value is -3.01. The molecule has 30 heavy (non-hydrogen) atoms. The van der Waals surface area contributed by atoms with Crippen LogP contribution < -0.4 is 4.74 Å². The monoisotopic (exact) mass is 428 g/mol. The third kappa shape index (κ3) is 5.99. The first-order chi connectivity index (χ1) is 14.5. The first-order valence-corrected chi connectivity index (χ1v) is 10.4. The SMILES string of the molecule is O=S(=O)(O)OCCOO.c1ccc2c(Oc3cccc4ccccc34)cccc2c1. The zero-order valence-corrected chi connectivity index (χ0v) is 16.7. The van der Waals surface area contributed by atoms with Crippen molar-refractivity contribution in [1.29, 1.82) is 0 Å². The van der Waals surface area contributed by atoms with E-state index in [2.05, 4.69) is 45.5 Å². The highest BCUT2D eigenvalue weighted by molar-refractivity contribution is 7.80. The Morgan fingerprint density at radius 2 is 1.13 bits per heavy atom. The van der Waals surface area contributed by atoms with Crippen LogP contribution in [0.5, 0.6) is 11.5 Å². The van der Waals surface area contributed by atoms with E-state index in [1.165, 1.54) is 10.8 Å². The smallest absolute Gasteiger partial charge is 0.397 e. The van der Waals surface area contributed by atoms with E-state index in [4.69, 9.17) is 14.5 Å². The van der Waals surface area contributed by atoms with Gasteiger partial charge in [0.25, 0.3) is 0 Å². The molecule has 4 aromatic carbocycles. The van der Waals surface area contributed by atoms with Crippen LogP contribution in [0.3, 0.4) is 0 Å². The topological polar surface area (TPSA) is 102 Å². The molecule has 0 bridgehead atoms. The van der Waals surface area contributed by atoms with Crippen LogP contribution in [0.1, 0.15) is 0 Å². The lowest BCUT2D eigenvalue weighted by molar-refractivity contribution is -0.245. The Labute approximate surface area is 173 Å². The predicted octanol–water partition coefficient (Wildman–Crippen LogP) is 5.08. The Morgan fingerprint density at radius 3 is 1.60 bits per heavy atom. The maximum absolute atomic E-state index is 9.70. The van der Waals surface area contributed by atoms with Gasteiger partial charge in [-0.1, -0.05) is 72.8 Å². The van der Waals surface area contributed by atoms with E-state index in [0.29, 0.717) is 0 Å². The molecule has 8 heteroatoms. The molecule has 4 rings (SSSR count). The molecule has 2 N–H and O–H groups in total. The molecule has 0 spiro atoms. The molecule has 0 fully saturated rings. The van der Waals surface area contributed by atoms with Gasteiger partial charge < -0.3 is 4.74 Å². The van der Waals surface area contributed by atoms with E-state index >= 15 is 0 Å². The quantitative estimate of drug-likeness (QED) is 0.191. The summed E-state index contributed by atoms with van der Waals surface area (Å²) in [5, 5.41) is 12.3. The normalized spacial score (nSPS) is 11.1. The number of benzene rings is 4. The summed E-state index contributed by atoms with van der Waals surface area (Å²) < 4.78 is 37.2. The zero-order chi connectivity index (χ0) is 21.4. The molecule has 7 nitrogen and oxygen atoms in total. The Balaban J connectivity index is 0.000000244. The van der Waals surface area contributed by atoms with Gasteiger partial charge in [0.15, 0.2) is 0 Å². The van der Waals surface area contributed by atoms with E-state index in [9.17, 15) is 8.42 Å². The molecule has 0 atom stereocenters. The first-order valence-electron chi connectivity index (χ1n) is 8.99. The second-order valence-corrected chi connectivity index (χ2v) is 7.23. The van der Waals surface area contributed by atoms with Crippen molar-refractivity contribution in [2.24, 2.45) is 0 Å². The van der Waals surface area contributed by atoms with Gasteiger partial charge in [-0.3, -0.25) is 9.81 Å². The average molecular weight is 428 g/mol. The van der Waals surface area contributed by atoms with Crippen molar-refractivity contribution in [1.82, 2.24) is 0 Å². The van der Waals surface area contributed by atoms with Gasteiger partial charge in [-0.25, -0.2) is 9.07 Å². The van der Waals surface area contributed by atoms with Crippen LogP contribution in [-0.2, 0) is 19.5 Å². The van der Waals surface area contributed by atoms with Gasteiger partial charge in [0, 0.05) is 10.8 Å². The molecule has 0 aliphatic heterocycles. The fourth-order valence-corrected chi connectivity index (χ4v) is 3.14. The average Bonchev–Trinajstić information content (AvgIpc) is 2.74.